The fraction of sp³-hybridized carbons (Fsp3) is 0.200. The van der Waals surface area contributed by atoms with E-state index >= 15 is 0 Å². The predicted molar refractivity (Wildman–Crippen MR) is 86.6 cm³/mol. The molecule has 0 fully saturated rings. The summed E-state index contributed by atoms with van der Waals surface area (Å²) in [5.41, 5.74) is 0. The molecule has 104 valence electrons. The van der Waals surface area contributed by atoms with Crippen molar-refractivity contribution in [1.82, 2.24) is 5.32 Å². The highest BCUT2D eigenvalue weighted by Gasteiger charge is 2.18. The Balaban J connectivity index is 2.04. The standard InChI is InChI=1S/C15H13ClFNS2/c1-2-18-15(11-5-6-14(16)20-11)13-7-9-3-4-10(17)8-12(9)19-13/h3-8,15,18H,2H2,1H3. The fourth-order valence-corrected chi connectivity index (χ4v) is 4.61. The maximum absolute atomic E-state index is 13.3. The molecule has 1 N–H and O–H groups in total. The summed E-state index contributed by atoms with van der Waals surface area (Å²) in [6.07, 6.45) is 0. The quantitative estimate of drug-likeness (QED) is 0.672. The van der Waals surface area contributed by atoms with Crippen LogP contribution in [0.2, 0.25) is 4.34 Å². The van der Waals surface area contributed by atoms with E-state index in [-0.39, 0.29) is 11.9 Å². The third-order valence-electron chi connectivity index (χ3n) is 3.07. The lowest BCUT2D eigenvalue weighted by molar-refractivity contribution is 0.630. The second kappa shape index (κ2) is 5.82. The minimum atomic E-state index is -0.190. The SMILES string of the molecule is CCNC(c1ccc(Cl)s1)c1cc2ccc(F)cc2s1. The van der Waals surface area contributed by atoms with Crippen LogP contribution in [-0.2, 0) is 0 Å². The number of halogens is 2. The van der Waals surface area contributed by atoms with Crippen molar-refractivity contribution in [2.24, 2.45) is 0 Å². The molecule has 3 aromatic rings. The molecule has 0 bridgehead atoms. The van der Waals surface area contributed by atoms with Gasteiger partial charge in [0.25, 0.3) is 0 Å². The van der Waals surface area contributed by atoms with Crippen LogP contribution in [0, 0.1) is 5.82 Å². The molecule has 0 spiro atoms. The van der Waals surface area contributed by atoms with Gasteiger partial charge in [0, 0.05) is 14.5 Å². The monoisotopic (exact) mass is 325 g/mol. The van der Waals surface area contributed by atoms with E-state index in [1.165, 1.54) is 15.8 Å². The van der Waals surface area contributed by atoms with Crippen molar-refractivity contribution in [3.05, 3.63) is 56.3 Å². The van der Waals surface area contributed by atoms with Gasteiger partial charge >= 0.3 is 0 Å². The minimum absolute atomic E-state index is 0.123. The average Bonchev–Trinajstić information content (AvgIpc) is 3.01. The Bertz CT molecular complexity index is 734. The van der Waals surface area contributed by atoms with Crippen molar-refractivity contribution in [2.45, 2.75) is 13.0 Å². The van der Waals surface area contributed by atoms with Gasteiger partial charge in [0.2, 0.25) is 0 Å². The van der Waals surface area contributed by atoms with Crippen molar-refractivity contribution in [2.75, 3.05) is 6.54 Å². The Kier molecular flexibility index (Phi) is 4.08. The van der Waals surface area contributed by atoms with Crippen LogP contribution < -0.4 is 5.32 Å². The van der Waals surface area contributed by atoms with Gasteiger partial charge in [-0.05, 0) is 42.3 Å². The molecular formula is C15H13ClFNS2. The summed E-state index contributed by atoms with van der Waals surface area (Å²) >= 11 is 9.24. The van der Waals surface area contributed by atoms with E-state index in [0.29, 0.717) is 0 Å². The molecule has 0 saturated heterocycles. The molecule has 1 nitrogen and oxygen atoms in total. The third-order valence-corrected chi connectivity index (χ3v) is 5.53. The van der Waals surface area contributed by atoms with Gasteiger partial charge in [-0.25, -0.2) is 4.39 Å². The molecular weight excluding hydrogens is 313 g/mol. The molecule has 3 rings (SSSR count). The molecule has 0 amide bonds. The Hall–Kier alpha value is -0.940. The van der Waals surface area contributed by atoms with E-state index < -0.39 is 0 Å². The first kappa shape index (κ1) is 14.0. The first-order valence-corrected chi connectivity index (χ1v) is 8.36. The van der Waals surface area contributed by atoms with E-state index in [1.807, 2.05) is 18.2 Å². The molecule has 5 heteroatoms. The van der Waals surface area contributed by atoms with Crippen LogP contribution in [0.15, 0.2) is 36.4 Å². The van der Waals surface area contributed by atoms with Gasteiger partial charge < -0.3 is 5.32 Å². The second-order valence-electron chi connectivity index (χ2n) is 4.46. The van der Waals surface area contributed by atoms with E-state index in [2.05, 4.69) is 18.3 Å². The highest BCUT2D eigenvalue weighted by atomic mass is 35.5. The van der Waals surface area contributed by atoms with Crippen molar-refractivity contribution < 1.29 is 4.39 Å². The first-order valence-electron chi connectivity index (χ1n) is 6.35. The number of hydrogen-bond donors (Lipinski definition) is 1. The van der Waals surface area contributed by atoms with Gasteiger partial charge in [-0.3, -0.25) is 0 Å². The zero-order valence-corrected chi connectivity index (χ0v) is 13.2. The Morgan fingerprint density at radius 3 is 2.70 bits per heavy atom. The number of fused-ring (bicyclic) bond motifs is 1. The summed E-state index contributed by atoms with van der Waals surface area (Å²) in [5, 5.41) is 4.55. The van der Waals surface area contributed by atoms with Crippen molar-refractivity contribution in [3.63, 3.8) is 0 Å². The molecule has 2 aromatic heterocycles. The van der Waals surface area contributed by atoms with Crippen LogP contribution in [0.5, 0.6) is 0 Å². The summed E-state index contributed by atoms with van der Waals surface area (Å²) in [5.74, 6) is -0.190. The molecule has 1 unspecified atom stereocenters. The lowest BCUT2D eigenvalue weighted by Crippen LogP contribution is -2.19. The molecule has 2 heterocycles. The van der Waals surface area contributed by atoms with Gasteiger partial charge in [0.1, 0.15) is 5.82 Å². The molecule has 0 aliphatic heterocycles. The first-order chi connectivity index (χ1) is 9.67. The molecule has 0 aliphatic carbocycles. The lowest BCUT2D eigenvalue weighted by atomic mass is 10.1. The third kappa shape index (κ3) is 2.74. The smallest absolute Gasteiger partial charge is 0.124 e. The van der Waals surface area contributed by atoms with Crippen LogP contribution in [0.1, 0.15) is 22.7 Å². The van der Waals surface area contributed by atoms with Gasteiger partial charge in [0.15, 0.2) is 0 Å². The van der Waals surface area contributed by atoms with E-state index in [9.17, 15) is 4.39 Å². The summed E-state index contributed by atoms with van der Waals surface area (Å²) in [6.45, 7) is 2.94. The summed E-state index contributed by atoms with van der Waals surface area (Å²) in [4.78, 5) is 2.37. The van der Waals surface area contributed by atoms with Gasteiger partial charge in [-0.2, -0.15) is 0 Å². The Morgan fingerprint density at radius 1 is 1.15 bits per heavy atom. The van der Waals surface area contributed by atoms with Gasteiger partial charge in [0.05, 0.1) is 10.4 Å². The van der Waals surface area contributed by atoms with Crippen molar-refractivity contribution >= 4 is 44.4 Å². The molecule has 0 aliphatic rings. The highest BCUT2D eigenvalue weighted by molar-refractivity contribution is 7.19. The van der Waals surface area contributed by atoms with Crippen LogP contribution >= 0.6 is 34.3 Å². The van der Waals surface area contributed by atoms with Crippen molar-refractivity contribution in [1.29, 1.82) is 0 Å². The Morgan fingerprint density at radius 2 is 2.00 bits per heavy atom. The van der Waals surface area contributed by atoms with E-state index in [1.54, 1.807) is 28.7 Å². The molecule has 0 radical (unpaired) electrons. The van der Waals surface area contributed by atoms with E-state index in [0.717, 1.165) is 21.0 Å². The molecule has 1 atom stereocenters. The molecule has 20 heavy (non-hydrogen) atoms. The maximum Gasteiger partial charge on any atom is 0.124 e. The average molecular weight is 326 g/mol. The maximum atomic E-state index is 13.3. The van der Waals surface area contributed by atoms with Gasteiger partial charge in [-0.15, -0.1) is 22.7 Å². The topological polar surface area (TPSA) is 12.0 Å². The van der Waals surface area contributed by atoms with E-state index in [4.69, 9.17) is 11.6 Å². The second-order valence-corrected chi connectivity index (χ2v) is 7.33. The Labute approximate surface area is 130 Å². The zero-order valence-electron chi connectivity index (χ0n) is 10.8. The molecule has 1 aromatic carbocycles. The van der Waals surface area contributed by atoms with Crippen LogP contribution in [0.25, 0.3) is 10.1 Å². The predicted octanol–water partition coefficient (Wildman–Crippen LogP) is 5.45. The normalized spacial score (nSPS) is 12.9. The number of thiophene rings is 2. The van der Waals surface area contributed by atoms with Crippen LogP contribution in [0.4, 0.5) is 4.39 Å². The largest absolute Gasteiger partial charge is 0.305 e. The number of rotatable bonds is 4. The van der Waals surface area contributed by atoms with Crippen LogP contribution in [0.3, 0.4) is 0 Å². The number of nitrogens with one attached hydrogen (secondary N) is 1. The van der Waals surface area contributed by atoms with Gasteiger partial charge in [-0.1, -0.05) is 24.6 Å². The summed E-state index contributed by atoms with van der Waals surface area (Å²) in [6, 6.07) is 11.1. The highest BCUT2D eigenvalue weighted by Crippen LogP contribution is 2.37. The zero-order chi connectivity index (χ0) is 14.1. The lowest BCUT2D eigenvalue weighted by Gasteiger charge is -2.14. The summed E-state index contributed by atoms with van der Waals surface area (Å²) in [7, 11) is 0. The fourth-order valence-electron chi connectivity index (χ4n) is 2.20. The number of hydrogen-bond acceptors (Lipinski definition) is 3. The minimum Gasteiger partial charge on any atom is -0.305 e. The summed E-state index contributed by atoms with van der Waals surface area (Å²) < 4.78 is 15.1. The van der Waals surface area contributed by atoms with Crippen molar-refractivity contribution in [3.8, 4) is 0 Å². The number of benzene rings is 1. The molecule has 0 saturated carbocycles. The van der Waals surface area contributed by atoms with Crippen LogP contribution in [-0.4, -0.2) is 6.54 Å².